The molecule has 0 heterocycles. The number of carbonyl (C=O) groups excluding carboxylic acids is 2. The number of rotatable bonds is 12. The van der Waals surface area contributed by atoms with Crippen molar-refractivity contribution in [1.82, 2.24) is 10.6 Å². The Hall–Kier alpha value is -1.98. The number of carbonyl (C=O) groups is 2. The second kappa shape index (κ2) is 14.9. The van der Waals surface area contributed by atoms with Gasteiger partial charge in [0.1, 0.15) is 11.2 Å². The number of amides is 2. The van der Waals surface area contributed by atoms with Crippen LogP contribution in [-0.4, -0.2) is 36.5 Å². The normalized spacial score (nSPS) is 13.4. The summed E-state index contributed by atoms with van der Waals surface area (Å²) in [5, 5.41) is 5.46. The lowest BCUT2D eigenvalue weighted by atomic mass is 9.97. The standard InChI is InChI=1S/C24H44N2O4/c1-8-20(17-15-19-26-22(28)30-24(5,6)7)16-13-11-9-10-12-14-18-25-21(27)29-23(2,3)4/h12,14-15,17,20H,8-11,13,16,18-19H2,1-7H3,(H,25,27)(H,26,28)/b14-12+,17-15+. The van der Waals surface area contributed by atoms with E-state index in [4.69, 9.17) is 9.47 Å². The summed E-state index contributed by atoms with van der Waals surface area (Å²) in [7, 11) is 0. The van der Waals surface area contributed by atoms with Crippen molar-refractivity contribution < 1.29 is 19.1 Å². The van der Waals surface area contributed by atoms with Crippen molar-refractivity contribution in [2.24, 2.45) is 5.92 Å². The lowest BCUT2D eigenvalue weighted by molar-refractivity contribution is 0.0522. The highest BCUT2D eigenvalue weighted by atomic mass is 16.6. The average molecular weight is 425 g/mol. The summed E-state index contributed by atoms with van der Waals surface area (Å²) in [5.74, 6) is 0.541. The van der Waals surface area contributed by atoms with Crippen molar-refractivity contribution in [3.05, 3.63) is 24.3 Å². The van der Waals surface area contributed by atoms with Crippen molar-refractivity contribution in [2.45, 2.75) is 98.2 Å². The summed E-state index contributed by atoms with van der Waals surface area (Å²) >= 11 is 0. The molecule has 6 heteroatoms. The minimum Gasteiger partial charge on any atom is -0.444 e. The first kappa shape index (κ1) is 28.0. The second-order valence-corrected chi connectivity index (χ2v) is 9.47. The van der Waals surface area contributed by atoms with Crippen LogP contribution in [0.15, 0.2) is 24.3 Å². The summed E-state index contributed by atoms with van der Waals surface area (Å²) < 4.78 is 10.4. The predicted molar refractivity (Wildman–Crippen MR) is 124 cm³/mol. The molecule has 30 heavy (non-hydrogen) atoms. The third kappa shape index (κ3) is 19.3. The number of unbranched alkanes of at least 4 members (excludes halogenated alkanes) is 3. The molecular weight excluding hydrogens is 380 g/mol. The molecule has 0 aromatic rings. The number of alkyl carbamates (subject to hydrolysis) is 2. The fourth-order valence-corrected chi connectivity index (χ4v) is 2.66. The Morgan fingerprint density at radius 1 is 0.800 bits per heavy atom. The van der Waals surface area contributed by atoms with Crippen molar-refractivity contribution in [1.29, 1.82) is 0 Å². The first-order chi connectivity index (χ1) is 13.9. The second-order valence-electron chi connectivity index (χ2n) is 9.47. The fourth-order valence-electron chi connectivity index (χ4n) is 2.66. The Morgan fingerprint density at radius 3 is 1.83 bits per heavy atom. The van der Waals surface area contributed by atoms with Crippen LogP contribution in [0.1, 0.15) is 87.0 Å². The van der Waals surface area contributed by atoms with Crippen LogP contribution >= 0.6 is 0 Å². The topological polar surface area (TPSA) is 76.7 Å². The lowest BCUT2D eigenvalue weighted by Crippen LogP contribution is -2.32. The van der Waals surface area contributed by atoms with Gasteiger partial charge in [-0.15, -0.1) is 0 Å². The molecule has 0 radical (unpaired) electrons. The SMILES string of the molecule is CCC(/C=C/CNC(=O)OC(C)(C)C)CCCCC/C=C/CNC(=O)OC(C)(C)C. The molecule has 0 rings (SSSR count). The van der Waals surface area contributed by atoms with Crippen LogP contribution in [0.5, 0.6) is 0 Å². The largest absolute Gasteiger partial charge is 0.444 e. The Bertz CT molecular complexity index is 542. The van der Waals surface area contributed by atoms with Crippen LogP contribution in [0.3, 0.4) is 0 Å². The van der Waals surface area contributed by atoms with Gasteiger partial charge in [-0.3, -0.25) is 0 Å². The Labute approximate surface area is 183 Å². The molecule has 1 unspecified atom stereocenters. The Morgan fingerprint density at radius 2 is 1.33 bits per heavy atom. The molecule has 1 atom stereocenters. The van der Waals surface area contributed by atoms with Gasteiger partial charge in [-0.2, -0.15) is 0 Å². The number of nitrogens with one attached hydrogen (secondary N) is 2. The van der Waals surface area contributed by atoms with Gasteiger partial charge in [0.2, 0.25) is 0 Å². The van der Waals surface area contributed by atoms with E-state index in [0.29, 0.717) is 19.0 Å². The molecule has 0 fully saturated rings. The third-order valence-electron chi connectivity index (χ3n) is 4.07. The summed E-state index contributed by atoms with van der Waals surface area (Å²) in [6.45, 7) is 14.3. The van der Waals surface area contributed by atoms with Crippen LogP contribution in [0, 0.1) is 5.92 Å². The van der Waals surface area contributed by atoms with Crippen LogP contribution in [0.4, 0.5) is 9.59 Å². The fraction of sp³-hybridized carbons (Fsp3) is 0.750. The van der Waals surface area contributed by atoms with E-state index in [1.54, 1.807) is 0 Å². The third-order valence-corrected chi connectivity index (χ3v) is 4.07. The highest BCUT2D eigenvalue weighted by Gasteiger charge is 2.15. The molecule has 174 valence electrons. The van der Waals surface area contributed by atoms with Crippen LogP contribution in [0.2, 0.25) is 0 Å². The molecule has 0 aromatic heterocycles. The average Bonchev–Trinajstić information content (AvgIpc) is 2.58. The number of hydrogen-bond acceptors (Lipinski definition) is 4. The number of hydrogen-bond donors (Lipinski definition) is 2. The van der Waals surface area contributed by atoms with Gasteiger partial charge in [-0.05, 0) is 73.1 Å². The summed E-state index contributed by atoms with van der Waals surface area (Å²) in [5.41, 5.74) is -0.933. The molecule has 2 amide bonds. The Kier molecular flexibility index (Phi) is 13.9. The molecule has 0 aliphatic rings. The van der Waals surface area contributed by atoms with E-state index in [9.17, 15) is 9.59 Å². The monoisotopic (exact) mass is 424 g/mol. The van der Waals surface area contributed by atoms with Crippen LogP contribution in [-0.2, 0) is 9.47 Å². The molecule has 0 spiro atoms. The summed E-state index contributed by atoms with van der Waals surface area (Å²) in [6, 6.07) is 0. The van der Waals surface area contributed by atoms with Gasteiger partial charge < -0.3 is 20.1 Å². The van der Waals surface area contributed by atoms with Gasteiger partial charge >= 0.3 is 12.2 Å². The maximum Gasteiger partial charge on any atom is 0.407 e. The molecule has 0 bridgehead atoms. The maximum absolute atomic E-state index is 11.6. The van der Waals surface area contributed by atoms with Gasteiger partial charge in [0.25, 0.3) is 0 Å². The van der Waals surface area contributed by atoms with Crippen molar-refractivity contribution in [3.63, 3.8) is 0 Å². The number of ether oxygens (including phenoxy) is 2. The van der Waals surface area contributed by atoms with Crippen LogP contribution in [0.25, 0.3) is 0 Å². The van der Waals surface area contributed by atoms with Crippen molar-refractivity contribution >= 4 is 12.2 Å². The minimum absolute atomic E-state index is 0.380. The highest BCUT2D eigenvalue weighted by molar-refractivity contribution is 5.68. The smallest absolute Gasteiger partial charge is 0.407 e. The quantitative estimate of drug-likeness (QED) is 0.292. The van der Waals surface area contributed by atoms with E-state index in [-0.39, 0.29) is 12.2 Å². The van der Waals surface area contributed by atoms with Crippen molar-refractivity contribution in [3.8, 4) is 0 Å². The minimum atomic E-state index is -0.469. The zero-order chi connectivity index (χ0) is 23.0. The molecule has 0 aliphatic heterocycles. The van der Waals surface area contributed by atoms with Gasteiger partial charge in [-0.1, -0.05) is 44.1 Å². The highest BCUT2D eigenvalue weighted by Crippen LogP contribution is 2.15. The van der Waals surface area contributed by atoms with E-state index in [2.05, 4.69) is 29.7 Å². The van der Waals surface area contributed by atoms with E-state index >= 15 is 0 Å². The molecule has 0 aliphatic carbocycles. The van der Waals surface area contributed by atoms with Gasteiger partial charge in [-0.25, -0.2) is 9.59 Å². The summed E-state index contributed by atoms with van der Waals surface area (Å²) in [4.78, 5) is 23.1. The molecule has 6 nitrogen and oxygen atoms in total. The maximum atomic E-state index is 11.6. The van der Waals surface area contributed by atoms with E-state index in [1.807, 2.05) is 53.7 Å². The first-order valence-corrected chi connectivity index (χ1v) is 11.2. The van der Waals surface area contributed by atoms with Gasteiger partial charge in [0.15, 0.2) is 0 Å². The molecule has 0 saturated heterocycles. The molecular formula is C24H44N2O4. The van der Waals surface area contributed by atoms with Crippen molar-refractivity contribution in [2.75, 3.05) is 13.1 Å². The van der Waals surface area contributed by atoms with Gasteiger partial charge in [0, 0.05) is 13.1 Å². The predicted octanol–water partition coefficient (Wildman–Crippen LogP) is 6.12. The van der Waals surface area contributed by atoms with E-state index < -0.39 is 11.2 Å². The molecule has 0 saturated carbocycles. The zero-order valence-electron chi connectivity index (χ0n) is 20.2. The first-order valence-electron chi connectivity index (χ1n) is 11.2. The molecule has 0 aromatic carbocycles. The lowest BCUT2D eigenvalue weighted by Gasteiger charge is -2.19. The van der Waals surface area contributed by atoms with Crippen LogP contribution < -0.4 is 10.6 Å². The zero-order valence-corrected chi connectivity index (χ0v) is 20.2. The van der Waals surface area contributed by atoms with E-state index in [1.165, 1.54) is 12.8 Å². The Balaban J connectivity index is 3.80. The van der Waals surface area contributed by atoms with Gasteiger partial charge in [0.05, 0.1) is 0 Å². The molecule has 2 N–H and O–H groups in total. The number of allylic oxidation sites excluding steroid dienone is 2. The van der Waals surface area contributed by atoms with E-state index in [0.717, 1.165) is 25.7 Å². The summed E-state index contributed by atoms with van der Waals surface area (Å²) in [6.07, 6.45) is 14.3.